The van der Waals surface area contributed by atoms with Gasteiger partial charge in [0.1, 0.15) is 6.54 Å². The van der Waals surface area contributed by atoms with E-state index < -0.39 is 16.8 Å². The molecule has 3 rings (SSSR count). The number of non-ortho nitro benzene ring substituents is 1. The maximum absolute atomic E-state index is 12.6. The average molecular weight is 454 g/mol. The number of ether oxygens (including phenoxy) is 1. The van der Waals surface area contributed by atoms with E-state index in [4.69, 9.17) is 27.9 Å². The second kappa shape index (κ2) is 8.73. The molecule has 0 aliphatic carbocycles. The highest BCUT2D eigenvalue weighted by Gasteiger charge is 2.17. The summed E-state index contributed by atoms with van der Waals surface area (Å²) >= 11 is 13.6. The van der Waals surface area contributed by atoms with E-state index in [-0.39, 0.29) is 34.2 Å². The molecular formula is C18H13Cl2N3O5S. The quantitative estimate of drug-likeness (QED) is 0.326. The first-order valence-corrected chi connectivity index (χ1v) is 9.85. The van der Waals surface area contributed by atoms with Crippen molar-refractivity contribution in [3.8, 4) is 0 Å². The average Bonchev–Trinajstić information content (AvgIpc) is 3.02. The number of nitrogens with zero attached hydrogens (tertiary/aromatic N) is 3. The fourth-order valence-corrected chi connectivity index (χ4v) is 4.06. The standard InChI is InChI=1S/C18H13Cl2N3O5S/c1-2-28-14(24)9-22-16-13(8-7-12(19)15(16)20)29-18(22)21-17(25)10-3-5-11(6-4-10)23(26)27/h3-8H,2,9H2,1H3. The third-order valence-electron chi connectivity index (χ3n) is 3.85. The number of benzene rings is 2. The van der Waals surface area contributed by atoms with Crippen LogP contribution in [0.25, 0.3) is 10.2 Å². The number of carbonyl (C=O) groups is 2. The van der Waals surface area contributed by atoms with E-state index in [1.54, 1.807) is 19.1 Å². The van der Waals surface area contributed by atoms with E-state index in [0.29, 0.717) is 15.2 Å². The number of hydrogen-bond acceptors (Lipinski definition) is 6. The fourth-order valence-electron chi connectivity index (χ4n) is 2.55. The number of thiazole rings is 1. The monoisotopic (exact) mass is 453 g/mol. The lowest BCUT2D eigenvalue weighted by Crippen LogP contribution is -2.23. The van der Waals surface area contributed by atoms with Gasteiger partial charge in [-0.15, -0.1) is 0 Å². The molecule has 3 aromatic rings. The Morgan fingerprint density at radius 2 is 1.90 bits per heavy atom. The second-order valence-electron chi connectivity index (χ2n) is 5.70. The van der Waals surface area contributed by atoms with Crippen LogP contribution in [0.5, 0.6) is 0 Å². The molecule has 11 heteroatoms. The Hall–Kier alpha value is -2.75. The van der Waals surface area contributed by atoms with E-state index in [2.05, 4.69) is 4.99 Å². The third-order valence-corrected chi connectivity index (χ3v) is 5.69. The molecule has 1 heterocycles. The molecule has 0 spiro atoms. The normalized spacial score (nSPS) is 11.6. The van der Waals surface area contributed by atoms with Crippen LogP contribution in [0.15, 0.2) is 41.4 Å². The van der Waals surface area contributed by atoms with Crippen LogP contribution in [0.3, 0.4) is 0 Å². The molecule has 1 amide bonds. The number of halogens is 2. The van der Waals surface area contributed by atoms with Crippen LogP contribution < -0.4 is 4.80 Å². The Kier molecular flexibility index (Phi) is 6.31. The van der Waals surface area contributed by atoms with Gasteiger partial charge >= 0.3 is 5.97 Å². The van der Waals surface area contributed by atoms with Gasteiger partial charge in [0.25, 0.3) is 11.6 Å². The summed E-state index contributed by atoms with van der Waals surface area (Å²) in [5, 5.41) is 11.3. The van der Waals surface area contributed by atoms with Gasteiger partial charge in [-0.3, -0.25) is 19.7 Å². The minimum atomic E-state index is -0.619. The minimum absolute atomic E-state index is 0.137. The van der Waals surface area contributed by atoms with E-state index in [1.165, 1.54) is 28.8 Å². The molecule has 0 aliphatic heterocycles. The van der Waals surface area contributed by atoms with Crippen molar-refractivity contribution in [2.75, 3.05) is 6.61 Å². The smallest absolute Gasteiger partial charge is 0.326 e. The van der Waals surface area contributed by atoms with Crippen LogP contribution >= 0.6 is 34.5 Å². The molecule has 0 unspecified atom stereocenters. The lowest BCUT2D eigenvalue weighted by molar-refractivity contribution is -0.384. The SMILES string of the molecule is CCOC(=O)Cn1c(=NC(=O)c2ccc([N+](=O)[O-])cc2)sc2ccc(Cl)c(Cl)c21. The number of carbonyl (C=O) groups excluding carboxylic acids is 2. The second-order valence-corrected chi connectivity index (χ2v) is 7.50. The molecule has 0 radical (unpaired) electrons. The van der Waals surface area contributed by atoms with Gasteiger partial charge in [-0.25, -0.2) is 0 Å². The zero-order valence-electron chi connectivity index (χ0n) is 14.9. The maximum atomic E-state index is 12.6. The number of nitro groups is 1. The number of rotatable bonds is 5. The third kappa shape index (κ3) is 4.47. The van der Waals surface area contributed by atoms with Crippen molar-refractivity contribution in [2.45, 2.75) is 13.5 Å². The predicted molar refractivity (Wildman–Crippen MR) is 109 cm³/mol. The van der Waals surface area contributed by atoms with Gasteiger partial charge in [-0.1, -0.05) is 34.5 Å². The molecule has 0 aliphatic rings. The molecule has 0 saturated carbocycles. The van der Waals surface area contributed by atoms with Gasteiger partial charge in [0.15, 0.2) is 4.80 Å². The topological polar surface area (TPSA) is 104 Å². The van der Waals surface area contributed by atoms with Crippen LogP contribution in [0.2, 0.25) is 10.0 Å². The van der Waals surface area contributed by atoms with E-state index in [1.807, 2.05) is 0 Å². The molecule has 1 aromatic heterocycles. The van der Waals surface area contributed by atoms with Crippen molar-refractivity contribution in [3.63, 3.8) is 0 Å². The highest BCUT2D eigenvalue weighted by Crippen LogP contribution is 2.32. The Morgan fingerprint density at radius 3 is 2.52 bits per heavy atom. The van der Waals surface area contributed by atoms with Crippen molar-refractivity contribution >= 4 is 62.3 Å². The molecule has 8 nitrogen and oxygen atoms in total. The van der Waals surface area contributed by atoms with Crippen molar-refractivity contribution < 1.29 is 19.2 Å². The number of amides is 1. The summed E-state index contributed by atoms with van der Waals surface area (Å²) in [5.74, 6) is -1.14. The number of esters is 1. The van der Waals surface area contributed by atoms with Crippen molar-refractivity contribution in [2.24, 2.45) is 4.99 Å². The number of nitro benzene ring substituents is 1. The summed E-state index contributed by atoms with van der Waals surface area (Å²) in [5.41, 5.74) is 0.495. The Balaban J connectivity index is 2.11. The van der Waals surface area contributed by atoms with Gasteiger partial charge in [0, 0.05) is 17.7 Å². The molecule has 0 fully saturated rings. The predicted octanol–water partition coefficient (Wildman–Crippen LogP) is 4.22. The van der Waals surface area contributed by atoms with Gasteiger partial charge in [0.05, 0.1) is 31.8 Å². The zero-order chi connectivity index (χ0) is 21.1. The minimum Gasteiger partial charge on any atom is -0.465 e. The fraction of sp³-hybridized carbons (Fsp3) is 0.167. The zero-order valence-corrected chi connectivity index (χ0v) is 17.3. The van der Waals surface area contributed by atoms with E-state index >= 15 is 0 Å². The molecule has 2 aromatic carbocycles. The first kappa shape index (κ1) is 21.0. The van der Waals surface area contributed by atoms with Gasteiger partial charge in [-0.2, -0.15) is 4.99 Å². The van der Waals surface area contributed by atoms with Crippen LogP contribution in [0, 0.1) is 10.1 Å². The molecule has 0 atom stereocenters. The lowest BCUT2D eigenvalue weighted by atomic mass is 10.2. The Labute approximate surface area is 178 Å². The number of aromatic nitrogens is 1. The van der Waals surface area contributed by atoms with Crippen molar-refractivity contribution in [1.29, 1.82) is 0 Å². The number of hydrogen-bond donors (Lipinski definition) is 0. The van der Waals surface area contributed by atoms with Gasteiger partial charge in [0.2, 0.25) is 0 Å². The number of fused-ring (bicyclic) bond motifs is 1. The van der Waals surface area contributed by atoms with Gasteiger partial charge < -0.3 is 9.30 Å². The first-order valence-electron chi connectivity index (χ1n) is 8.28. The van der Waals surface area contributed by atoms with Crippen LogP contribution in [0.4, 0.5) is 5.69 Å². The van der Waals surface area contributed by atoms with E-state index in [9.17, 15) is 19.7 Å². The largest absolute Gasteiger partial charge is 0.465 e. The summed E-state index contributed by atoms with van der Waals surface area (Å²) in [6.07, 6.45) is 0. The maximum Gasteiger partial charge on any atom is 0.326 e. The summed E-state index contributed by atoms with van der Waals surface area (Å²) in [6.45, 7) is 1.67. The van der Waals surface area contributed by atoms with Crippen molar-refractivity contribution in [1.82, 2.24) is 4.57 Å². The molecule has 29 heavy (non-hydrogen) atoms. The van der Waals surface area contributed by atoms with Crippen molar-refractivity contribution in [3.05, 3.63) is 66.9 Å². The molecule has 0 bridgehead atoms. The Morgan fingerprint density at radius 1 is 1.21 bits per heavy atom. The van der Waals surface area contributed by atoms with Gasteiger partial charge in [-0.05, 0) is 31.2 Å². The highest BCUT2D eigenvalue weighted by atomic mass is 35.5. The Bertz CT molecular complexity index is 1180. The first-order chi connectivity index (χ1) is 13.8. The van der Waals surface area contributed by atoms with Crippen LogP contribution in [-0.2, 0) is 16.1 Å². The molecular weight excluding hydrogens is 441 g/mol. The van der Waals surface area contributed by atoms with Crippen LogP contribution in [0.1, 0.15) is 17.3 Å². The molecule has 0 saturated heterocycles. The highest BCUT2D eigenvalue weighted by molar-refractivity contribution is 7.16. The summed E-state index contributed by atoms with van der Waals surface area (Å²) in [4.78, 5) is 39.1. The van der Waals surface area contributed by atoms with E-state index in [0.717, 1.165) is 11.3 Å². The van der Waals surface area contributed by atoms with Crippen LogP contribution in [-0.4, -0.2) is 28.0 Å². The lowest BCUT2D eigenvalue weighted by Gasteiger charge is -2.07. The summed E-state index contributed by atoms with van der Waals surface area (Å²) in [6, 6.07) is 8.40. The summed E-state index contributed by atoms with van der Waals surface area (Å²) in [7, 11) is 0. The molecule has 0 N–H and O–H groups in total. The molecule has 150 valence electrons. The summed E-state index contributed by atoms with van der Waals surface area (Å²) < 4.78 is 7.14.